The fraction of sp³-hybridized carbons (Fsp3) is 0.438. The first kappa shape index (κ1) is 17.3. The van der Waals surface area contributed by atoms with Crippen LogP contribution in [0.15, 0.2) is 29.1 Å². The molecule has 0 radical (unpaired) electrons. The normalized spacial score (nSPS) is 12.3. The molecule has 7 nitrogen and oxygen atoms in total. The molecule has 1 aromatic carbocycles. The second-order valence-corrected chi connectivity index (χ2v) is 5.41. The molecule has 0 saturated carbocycles. The first-order chi connectivity index (χ1) is 11.1. The van der Waals surface area contributed by atoms with Crippen molar-refractivity contribution in [1.29, 1.82) is 0 Å². The molecule has 0 saturated heterocycles. The Hall–Kier alpha value is -2.09. The molecule has 0 fully saturated rings. The van der Waals surface area contributed by atoms with E-state index >= 15 is 0 Å². The Kier molecular flexibility index (Phi) is 5.97. The van der Waals surface area contributed by atoms with E-state index in [9.17, 15) is 4.79 Å². The molecule has 7 heteroatoms. The zero-order valence-corrected chi connectivity index (χ0v) is 13.6. The minimum absolute atomic E-state index is 0.0212. The average molecular weight is 321 g/mol. The molecule has 23 heavy (non-hydrogen) atoms. The molecule has 1 atom stereocenters. The Morgan fingerprint density at radius 3 is 2.78 bits per heavy atom. The predicted molar refractivity (Wildman–Crippen MR) is 90.4 cm³/mol. The zero-order valence-electron chi connectivity index (χ0n) is 13.6. The second kappa shape index (κ2) is 7.96. The Morgan fingerprint density at radius 2 is 2.09 bits per heavy atom. The van der Waals surface area contributed by atoms with Crippen molar-refractivity contribution in [3.05, 3.63) is 34.6 Å². The van der Waals surface area contributed by atoms with Crippen molar-refractivity contribution in [2.45, 2.75) is 13.0 Å². The van der Waals surface area contributed by atoms with Gasteiger partial charge in [-0.15, -0.1) is 0 Å². The van der Waals surface area contributed by atoms with E-state index in [0.717, 1.165) is 10.9 Å². The number of fused-ring (bicyclic) bond motifs is 1. The summed E-state index contributed by atoms with van der Waals surface area (Å²) in [6, 6.07) is 6.86. The molecule has 0 aliphatic carbocycles. The van der Waals surface area contributed by atoms with Gasteiger partial charge in [0.05, 0.1) is 31.0 Å². The molecule has 3 N–H and O–H groups in total. The number of pyridine rings is 1. The monoisotopic (exact) mass is 321 g/mol. The van der Waals surface area contributed by atoms with Gasteiger partial charge in [-0.25, -0.2) is 0 Å². The molecular formula is C16H23N3O4. The van der Waals surface area contributed by atoms with Crippen LogP contribution in [0.3, 0.4) is 0 Å². The fourth-order valence-electron chi connectivity index (χ4n) is 2.36. The Balaban J connectivity index is 2.25. The number of anilines is 2. The van der Waals surface area contributed by atoms with Crippen molar-refractivity contribution >= 4 is 22.3 Å². The Labute approximate surface area is 134 Å². The summed E-state index contributed by atoms with van der Waals surface area (Å²) < 4.78 is 12.0. The van der Waals surface area contributed by atoms with Crippen LogP contribution in [0.25, 0.3) is 10.9 Å². The number of hydrogen-bond acceptors (Lipinski definition) is 6. The van der Waals surface area contributed by atoms with Gasteiger partial charge in [-0.2, -0.15) is 0 Å². The van der Waals surface area contributed by atoms with Crippen LogP contribution in [0, 0.1) is 0 Å². The van der Waals surface area contributed by atoms with Gasteiger partial charge in [0.25, 0.3) is 5.56 Å². The quantitative estimate of drug-likeness (QED) is 0.508. The third-order valence-corrected chi connectivity index (χ3v) is 3.58. The van der Waals surface area contributed by atoms with Crippen molar-refractivity contribution in [3.8, 4) is 0 Å². The summed E-state index contributed by atoms with van der Waals surface area (Å²) in [4.78, 5) is 12.1. The van der Waals surface area contributed by atoms with E-state index in [4.69, 9.17) is 14.7 Å². The van der Waals surface area contributed by atoms with Crippen molar-refractivity contribution in [1.82, 2.24) is 4.57 Å². The highest BCUT2D eigenvalue weighted by molar-refractivity contribution is 5.93. The van der Waals surface area contributed by atoms with Crippen LogP contribution in [0.2, 0.25) is 0 Å². The highest BCUT2D eigenvalue weighted by Gasteiger charge is 2.10. The Morgan fingerprint density at radius 1 is 1.30 bits per heavy atom. The van der Waals surface area contributed by atoms with Gasteiger partial charge < -0.3 is 19.4 Å². The largest absolute Gasteiger partial charge is 0.382 e. The predicted octanol–water partition coefficient (Wildman–Crippen LogP) is 1.80. The Bertz CT molecular complexity index is 714. The van der Waals surface area contributed by atoms with Crippen molar-refractivity contribution in [3.63, 3.8) is 0 Å². The number of nitrogens with one attached hydrogen (secondary N) is 2. The molecule has 0 bridgehead atoms. The lowest BCUT2D eigenvalue weighted by Gasteiger charge is -2.18. The van der Waals surface area contributed by atoms with Crippen molar-refractivity contribution < 1.29 is 14.7 Å². The molecule has 0 amide bonds. The maximum atomic E-state index is 12.1. The summed E-state index contributed by atoms with van der Waals surface area (Å²) in [5.74, 6) is 0. The number of aromatic nitrogens is 1. The molecule has 0 aliphatic rings. The van der Waals surface area contributed by atoms with E-state index in [0.29, 0.717) is 31.2 Å². The maximum absolute atomic E-state index is 12.1. The van der Waals surface area contributed by atoms with Crippen LogP contribution in [0.1, 0.15) is 6.92 Å². The van der Waals surface area contributed by atoms with Gasteiger partial charge in [-0.3, -0.25) is 15.5 Å². The van der Waals surface area contributed by atoms with Crippen LogP contribution in [-0.4, -0.2) is 42.7 Å². The summed E-state index contributed by atoms with van der Waals surface area (Å²) >= 11 is 0. The van der Waals surface area contributed by atoms with E-state index in [1.165, 1.54) is 0 Å². The SMILES string of the molecule is COCCOCC(C)Nc1cc(=O)n(C)c2ccc(NO)cc12. The number of benzene rings is 1. The molecule has 126 valence electrons. The summed E-state index contributed by atoms with van der Waals surface area (Å²) in [6.45, 7) is 3.55. The van der Waals surface area contributed by atoms with Gasteiger partial charge in [0, 0.05) is 37.3 Å². The van der Waals surface area contributed by atoms with Gasteiger partial charge in [-0.05, 0) is 25.1 Å². The number of aryl methyl sites for hydroxylation is 1. The van der Waals surface area contributed by atoms with E-state index in [-0.39, 0.29) is 11.6 Å². The highest BCUT2D eigenvalue weighted by Crippen LogP contribution is 2.25. The van der Waals surface area contributed by atoms with Crippen LogP contribution in [0.4, 0.5) is 11.4 Å². The minimum Gasteiger partial charge on any atom is -0.382 e. The van der Waals surface area contributed by atoms with Gasteiger partial charge in [-0.1, -0.05) is 0 Å². The standard InChI is InChI=1S/C16H23N3O4/c1-11(10-23-7-6-22-3)17-14-9-16(20)19(2)15-5-4-12(18-21)8-13(14)15/h4-5,8-9,11,17-18,21H,6-7,10H2,1-3H3. The van der Waals surface area contributed by atoms with E-state index in [1.54, 1.807) is 43.0 Å². The molecule has 2 rings (SSSR count). The third kappa shape index (κ3) is 4.22. The third-order valence-electron chi connectivity index (χ3n) is 3.58. The first-order valence-corrected chi connectivity index (χ1v) is 7.44. The van der Waals surface area contributed by atoms with Crippen LogP contribution in [0.5, 0.6) is 0 Å². The lowest BCUT2D eigenvalue weighted by molar-refractivity contribution is 0.0677. The summed E-state index contributed by atoms with van der Waals surface area (Å²) in [5.41, 5.74) is 4.08. The molecule has 1 unspecified atom stereocenters. The number of rotatable bonds is 8. The first-order valence-electron chi connectivity index (χ1n) is 7.44. The van der Waals surface area contributed by atoms with Gasteiger partial charge in [0.15, 0.2) is 0 Å². The lowest BCUT2D eigenvalue weighted by Crippen LogP contribution is -2.25. The fourth-order valence-corrected chi connectivity index (χ4v) is 2.36. The smallest absolute Gasteiger partial charge is 0.252 e. The van der Waals surface area contributed by atoms with Crippen molar-refractivity contribution in [2.24, 2.45) is 7.05 Å². The summed E-state index contributed by atoms with van der Waals surface area (Å²) in [7, 11) is 3.35. The maximum Gasteiger partial charge on any atom is 0.252 e. The molecule has 0 aliphatic heterocycles. The van der Waals surface area contributed by atoms with Crippen LogP contribution < -0.4 is 16.4 Å². The van der Waals surface area contributed by atoms with Gasteiger partial charge in [0.1, 0.15) is 0 Å². The number of nitrogens with zero attached hydrogens (tertiary/aromatic N) is 1. The molecule has 2 aromatic rings. The molecule has 0 spiro atoms. The van der Waals surface area contributed by atoms with E-state index in [2.05, 4.69) is 10.8 Å². The van der Waals surface area contributed by atoms with E-state index < -0.39 is 0 Å². The number of methoxy groups -OCH3 is 1. The zero-order chi connectivity index (χ0) is 16.8. The molecule has 1 aromatic heterocycles. The van der Waals surface area contributed by atoms with E-state index in [1.807, 2.05) is 6.92 Å². The number of hydrogen-bond donors (Lipinski definition) is 3. The van der Waals surface area contributed by atoms with Crippen molar-refractivity contribution in [2.75, 3.05) is 37.7 Å². The highest BCUT2D eigenvalue weighted by atomic mass is 16.5. The van der Waals surface area contributed by atoms with Gasteiger partial charge >= 0.3 is 0 Å². The lowest BCUT2D eigenvalue weighted by atomic mass is 10.1. The second-order valence-electron chi connectivity index (χ2n) is 5.41. The number of ether oxygens (including phenoxy) is 2. The van der Waals surface area contributed by atoms with Gasteiger partial charge in [0.2, 0.25) is 0 Å². The summed E-state index contributed by atoms with van der Waals surface area (Å²) in [6.07, 6.45) is 0. The minimum atomic E-state index is -0.0998. The molecular weight excluding hydrogens is 298 g/mol. The molecule has 1 heterocycles. The topological polar surface area (TPSA) is 84.8 Å². The summed E-state index contributed by atoms with van der Waals surface area (Å²) in [5, 5.41) is 13.2. The average Bonchev–Trinajstić information content (AvgIpc) is 2.56. The van der Waals surface area contributed by atoms with Crippen LogP contribution in [-0.2, 0) is 16.5 Å². The van der Waals surface area contributed by atoms with Crippen LogP contribution >= 0.6 is 0 Å².